The predicted octanol–water partition coefficient (Wildman–Crippen LogP) is 0.780. The van der Waals surface area contributed by atoms with E-state index >= 15 is 0 Å². The molecule has 6 heteroatoms. The molecule has 2 amide bonds. The van der Waals surface area contributed by atoms with E-state index in [1.54, 1.807) is 0 Å². The summed E-state index contributed by atoms with van der Waals surface area (Å²) >= 11 is 0. The maximum Gasteiger partial charge on any atom is 0.249 e. The molecule has 3 rings (SSSR count). The van der Waals surface area contributed by atoms with Crippen molar-refractivity contribution in [2.75, 3.05) is 5.32 Å². The van der Waals surface area contributed by atoms with Crippen molar-refractivity contribution in [3.05, 3.63) is 24.3 Å². The number of carbonyl (C=O) groups excluding carboxylic acids is 2. The third-order valence-electron chi connectivity index (χ3n) is 2.94. The number of hydrogen-bond acceptors (Lipinski definition) is 3. The van der Waals surface area contributed by atoms with Gasteiger partial charge < -0.3 is 10.3 Å². The lowest BCUT2D eigenvalue weighted by molar-refractivity contribution is -0.122. The van der Waals surface area contributed by atoms with E-state index in [0.29, 0.717) is 18.8 Å². The number of carbonyl (C=O) groups is 2. The number of nitrogens with zero attached hydrogens (tertiary/aromatic N) is 1. The van der Waals surface area contributed by atoms with E-state index in [0.717, 1.165) is 11.0 Å². The third-order valence-corrected chi connectivity index (χ3v) is 2.94. The fourth-order valence-corrected chi connectivity index (χ4v) is 2.03. The molecule has 6 nitrogen and oxygen atoms in total. The molecule has 0 bridgehead atoms. The number of amides is 2. The van der Waals surface area contributed by atoms with Gasteiger partial charge >= 0.3 is 0 Å². The molecule has 1 saturated heterocycles. The van der Waals surface area contributed by atoms with Crippen molar-refractivity contribution in [2.24, 2.45) is 0 Å². The monoisotopic (exact) mass is 244 g/mol. The van der Waals surface area contributed by atoms with Gasteiger partial charge in [0.05, 0.1) is 11.0 Å². The highest BCUT2D eigenvalue weighted by molar-refractivity contribution is 5.98. The van der Waals surface area contributed by atoms with Crippen LogP contribution in [0.4, 0.5) is 5.95 Å². The van der Waals surface area contributed by atoms with Gasteiger partial charge in [-0.2, -0.15) is 0 Å². The minimum atomic E-state index is -0.453. The summed E-state index contributed by atoms with van der Waals surface area (Å²) in [6, 6.07) is 7.06. The van der Waals surface area contributed by atoms with Crippen molar-refractivity contribution in [3.63, 3.8) is 0 Å². The Kier molecular flexibility index (Phi) is 2.47. The minimum absolute atomic E-state index is 0.0836. The van der Waals surface area contributed by atoms with Crippen LogP contribution in [0.2, 0.25) is 0 Å². The largest absolute Gasteiger partial charge is 0.344 e. The first-order valence-corrected chi connectivity index (χ1v) is 5.77. The van der Waals surface area contributed by atoms with Crippen LogP contribution in [0.25, 0.3) is 11.0 Å². The second-order valence-corrected chi connectivity index (χ2v) is 4.25. The maximum atomic E-state index is 11.9. The van der Waals surface area contributed by atoms with Gasteiger partial charge in [0.1, 0.15) is 6.04 Å². The molecule has 1 unspecified atom stereocenters. The highest BCUT2D eigenvalue weighted by Gasteiger charge is 2.27. The topological polar surface area (TPSA) is 86.9 Å². The predicted molar refractivity (Wildman–Crippen MR) is 65.9 cm³/mol. The maximum absolute atomic E-state index is 11.9. The van der Waals surface area contributed by atoms with Crippen molar-refractivity contribution in [2.45, 2.75) is 18.9 Å². The molecular formula is C12H12N4O2. The molecule has 3 N–H and O–H groups in total. The number of rotatable bonds is 2. The average Bonchev–Trinajstić information content (AvgIpc) is 2.94. The number of aromatic nitrogens is 2. The Morgan fingerprint density at radius 1 is 1.39 bits per heavy atom. The molecular weight excluding hydrogens is 232 g/mol. The van der Waals surface area contributed by atoms with Crippen LogP contribution in [0.5, 0.6) is 0 Å². The van der Waals surface area contributed by atoms with Crippen LogP contribution in [0.15, 0.2) is 24.3 Å². The minimum Gasteiger partial charge on any atom is -0.344 e. The lowest BCUT2D eigenvalue weighted by Gasteiger charge is -2.08. The number of nitrogens with one attached hydrogen (secondary N) is 3. The number of hydrogen-bond donors (Lipinski definition) is 3. The lowest BCUT2D eigenvalue weighted by Crippen LogP contribution is -2.37. The molecule has 1 aromatic heterocycles. The molecule has 1 aromatic carbocycles. The smallest absolute Gasteiger partial charge is 0.249 e. The van der Waals surface area contributed by atoms with Gasteiger partial charge in [0, 0.05) is 6.42 Å². The molecule has 1 aliphatic rings. The van der Waals surface area contributed by atoms with Gasteiger partial charge in [0.2, 0.25) is 17.8 Å². The molecule has 0 radical (unpaired) electrons. The Hall–Kier alpha value is -2.37. The molecule has 0 spiro atoms. The van der Waals surface area contributed by atoms with Crippen LogP contribution < -0.4 is 10.6 Å². The van der Waals surface area contributed by atoms with Gasteiger partial charge in [0.15, 0.2) is 0 Å². The number of aromatic amines is 1. The fourth-order valence-electron chi connectivity index (χ4n) is 2.03. The quantitative estimate of drug-likeness (QED) is 0.729. The molecule has 92 valence electrons. The molecule has 1 aliphatic heterocycles. The highest BCUT2D eigenvalue weighted by atomic mass is 16.2. The summed E-state index contributed by atoms with van der Waals surface area (Å²) in [5, 5.41) is 5.29. The summed E-state index contributed by atoms with van der Waals surface area (Å²) in [4.78, 5) is 30.1. The number of H-pyrrole nitrogens is 1. The Morgan fingerprint density at radius 2 is 2.22 bits per heavy atom. The molecule has 1 fully saturated rings. The van der Waals surface area contributed by atoms with Crippen molar-refractivity contribution < 1.29 is 9.59 Å². The fraction of sp³-hybridized carbons (Fsp3) is 0.250. The first-order chi connectivity index (χ1) is 8.72. The van der Waals surface area contributed by atoms with Crippen LogP contribution in [0.1, 0.15) is 12.8 Å². The van der Waals surface area contributed by atoms with E-state index in [1.807, 2.05) is 24.3 Å². The average molecular weight is 244 g/mol. The van der Waals surface area contributed by atoms with Crippen LogP contribution in [-0.4, -0.2) is 27.8 Å². The third kappa shape index (κ3) is 1.92. The number of anilines is 1. The second-order valence-electron chi connectivity index (χ2n) is 4.25. The van der Waals surface area contributed by atoms with Gasteiger partial charge in [-0.3, -0.25) is 14.9 Å². The summed E-state index contributed by atoms with van der Waals surface area (Å²) < 4.78 is 0. The lowest BCUT2D eigenvalue weighted by atomic mass is 10.2. The van der Waals surface area contributed by atoms with E-state index in [9.17, 15) is 9.59 Å². The standard InChI is InChI=1S/C12H12N4O2/c17-10-6-5-9(13-10)11(18)16-12-14-7-3-1-2-4-8(7)15-12/h1-4,9H,5-6H2,(H,13,17)(H2,14,15,16,18). The zero-order valence-electron chi connectivity index (χ0n) is 9.56. The van der Waals surface area contributed by atoms with Crippen LogP contribution >= 0.6 is 0 Å². The highest BCUT2D eigenvalue weighted by Crippen LogP contribution is 2.14. The van der Waals surface area contributed by atoms with Gasteiger partial charge in [-0.25, -0.2) is 4.98 Å². The van der Waals surface area contributed by atoms with Crippen molar-refractivity contribution >= 4 is 28.8 Å². The van der Waals surface area contributed by atoms with Gasteiger partial charge in [-0.05, 0) is 18.6 Å². The zero-order valence-corrected chi connectivity index (χ0v) is 9.56. The van der Waals surface area contributed by atoms with Crippen LogP contribution in [-0.2, 0) is 9.59 Å². The van der Waals surface area contributed by atoms with Gasteiger partial charge in [-0.1, -0.05) is 12.1 Å². The molecule has 18 heavy (non-hydrogen) atoms. The number of imidazole rings is 1. The van der Waals surface area contributed by atoms with E-state index < -0.39 is 6.04 Å². The summed E-state index contributed by atoms with van der Waals surface area (Å²) in [6.07, 6.45) is 0.934. The Balaban J connectivity index is 1.75. The normalized spacial score (nSPS) is 18.9. The first-order valence-electron chi connectivity index (χ1n) is 5.77. The van der Waals surface area contributed by atoms with E-state index in [-0.39, 0.29) is 11.8 Å². The summed E-state index contributed by atoms with van der Waals surface area (Å²) in [5.74, 6) is 0.0852. The van der Waals surface area contributed by atoms with Crippen molar-refractivity contribution in [3.8, 4) is 0 Å². The number of para-hydroxylation sites is 2. The first kappa shape index (κ1) is 10.8. The van der Waals surface area contributed by atoms with Gasteiger partial charge in [0.25, 0.3) is 0 Å². The molecule has 1 atom stereocenters. The number of benzene rings is 1. The van der Waals surface area contributed by atoms with E-state index in [1.165, 1.54) is 0 Å². The summed E-state index contributed by atoms with van der Waals surface area (Å²) in [5.41, 5.74) is 1.66. The Morgan fingerprint density at radius 3 is 2.94 bits per heavy atom. The molecule has 2 aromatic rings. The molecule has 2 heterocycles. The molecule has 0 saturated carbocycles. The van der Waals surface area contributed by atoms with Gasteiger partial charge in [-0.15, -0.1) is 0 Å². The summed E-state index contributed by atoms with van der Waals surface area (Å²) in [6.45, 7) is 0. The van der Waals surface area contributed by atoms with Crippen LogP contribution in [0, 0.1) is 0 Å². The van der Waals surface area contributed by atoms with E-state index in [4.69, 9.17) is 0 Å². The Bertz CT molecular complexity index is 586. The molecule has 0 aliphatic carbocycles. The summed E-state index contributed by atoms with van der Waals surface area (Å²) in [7, 11) is 0. The zero-order chi connectivity index (χ0) is 12.5. The second kappa shape index (κ2) is 4.14. The van der Waals surface area contributed by atoms with Crippen molar-refractivity contribution in [1.82, 2.24) is 15.3 Å². The Labute approximate surface area is 103 Å². The van der Waals surface area contributed by atoms with Crippen molar-refractivity contribution in [1.29, 1.82) is 0 Å². The SMILES string of the molecule is O=C1CCC(C(=O)Nc2nc3ccccc3[nH]2)N1. The van der Waals surface area contributed by atoms with E-state index in [2.05, 4.69) is 20.6 Å². The van der Waals surface area contributed by atoms with Crippen LogP contribution in [0.3, 0.4) is 0 Å². The number of fused-ring (bicyclic) bond motifs is 1.